The van der Waals surface area contributed by atoms with Gasteiger partial charge in [0.2, 0.25) is 0 Å². The van der Waals surface area contributed by atoms with Crippen LogP contribution < -0.4 is 0 Å². The lowest BCUT2D eigenvalue weighted by Crippen LogP contribution is -2.03. The second-order valence-corrected chi connectivity index (χ2v) is 3.73. The first-order valence-corrected chi connectivity index (χ1v) is 4.48. The maximum absolute atomic E-state index is 8.76. The van der Waals surface area contributed by atoms with E-state index >= 15 is 0 Å². The van der Waals surface area contributed by atoms with E-state index in [4.69, 9.17) is 5.26 Å². The fourth-order valence-electron chi connectivity index (χ4n) is 1.29. The van der Waals surface area contributed by atoms with Crippen LogP contribution in [0.4, 0.5) is 0 Å². The smallest absolute Gasteiger partial charge is 0.161 e. The maximum Gasteiger partial charge on any atom is 0.161 e. The van der Waals surface area contributed by atoms with Crippen LogP contribution in [0.5, 0.6) is 0 Å². The molecule has 0 amide bonds. The second kappa shape index (κ2) is 3.61. The Labute approximate surface area is 79.0 Å². The Morgan fingerprint density at radius 2 is 2.15 bits per heavy atom. The normalized spacial score (nSPS) is 10.5. The van der Waals surface area contributed by atoms with Gasteiger partial charge in [0.1, 0.15) is 11.9 Å². The fraction of sp³-hybridized carbons (Fsp3) is 0.600. The van der Waals surface area contributed by atoms with Crippen LogP contribution in [0.15, 0.2) is 0 Å². The molecule has 1 rings (SSSR count). The first kappa shape index (κ1) is 9.79. The molecule has 3 nitrogen and oxygen atoms in total. The fourth-order valence-corrected chi connectivity index (χ4v) is 1.29. The highest BCUT2D eigenvalue weighted by Crippen LogP contribution is 2.11. The Morgan fingerprint density at radius 3 is 2.54 bits per heavy atom. The monoisotopic (exact) mass is 177 g/mol. The summed E-state index contributed by atoms with van der Waals surface area (Å²) in [6, 6.07) is 2.10. The van der Waals surface area contributed by atoms with Crippen molar-refractivity contribution >= 4 is 0 Å². The summed E-state index contributed by atoms with van der Waals surface area (Å²) >= 11 is 0. The number of nitriles is 1. The quantitative estimate of drug-likeness (QED) is 0.691. The van der Waals surface area contributed by atoms with Crippen LogP contribution in [-0.2, 0) is 13.5 Å². The zero-order chi connectivity index (χ0) is 10.0. The first-order chi connectivity index (χ1) is 6.06. The average molecular weight is 177 g/mol. The molecule has 0 bridgehead atoms. The van der Waals surface area contributed by atoms with Gasteiger partial charge in [0.15, 0.2) is 5.69 Å². The van der Waals surface area contributed by atoms with Crippen molar-refractivity contribution in [2.75, 3.05) is 0 Å². The molecule has 1 heterocycles. The van der Waals surface area contributed by atoms with Gasteiger partial charge in [-0.1, -0.05) is 13.8 Å². The van der Waals surface area contributed by atoms with Crippen LogP contribution in [-0.4, -0.2) is 9.55 Å². The molecule has 13 heavy (non-hydrogen) atoms. The van der Waals surface area contributed by atoms with Gasteiger partial charge in [0.05, 0.1) is 5.69 Å². The van der Waals surface area contributed by atoms with E-state index in [0.29, 0.717) is 11.6 Å². The molecule has 0 atom stereocenters. The lowest BCUT2D eigenvalue weighted by atomic mass is 10.1. The van der Waals surface area contributed by atoms with Gasteiger partial charge in [0.25, 0.3) is 0 Å². The van der Waals surface area contributed by atoms with Crippen molar-refractivity contribution < 1.29 is 0 Å². The summed E-state index contributed by atoms with van der Waals surface area (Å²) in [7, 11) is 1.96. The Balaban J connectivity index is 3.04. The van der Waals surface area contributed by atoms with Crippen LogP contribution in [0, 0.1) is 24.2 Å². The lowest BCUT2D eigenvalue weighted by molar-refractivity contribution is 0.599. The van der Waals surface area contributed by atoms with Gasteiger partial charge in [-0.05, 0) is 12.8 Å². The number of hydrogen-bond acceptors (Lipinski definition) is 2. The molecule has 0 unspecified atom stereocenters. The standard InChI is InChI=1S/C10H15N3/c1-7(2)5-10-12-9(6-11)8(3)13(10)4/h7H,5H2,1-4H3. The Kier molecular flexibility index (Phi) is 2.72. The SMILES string of the molecule is Cc1c(C#N)nc(CC(C)C)n1C. The van der Waals surface area contributed by atoms with Gasteiger partial charge in [0, 0.05) is 13.5 Å². The van der Waals surface area contributed by atoms with E-state index in [1.165, 1.54) is 0 Å². The third-order valence-electron chi connectivity index (χ3n) is 2.17. The van der Waals surface area contributed by atoms with E-state index in [-0.39, 0.29) is 0 Å². The lowest BCUT2D eigenvalue weighted by Gasteiger charge is -2.04. The third kappa shape index (κ3) is 1.89. The van der Waals surface area contributed by atoms with Crippen molar-refractivity contribution in [1.29, 1.82) is 5.26 Å². The van der Waals surface area contributed by atoms with Crippen molar-refractivity contribution in [2.24, 2.45) is 13.0 Å². The zero-order valence-corrected chi connectivity index (χ0v) is 8.63. The van der Waals surface area contributed by atoms with E-state index < -0.39 is 0 Å². The van der Waals surface area contributed by atoms with E-state index in [1.807, 2.05) is 18.5 Å². The van der Waals surface area contributed by atoms with Gasteiger partial charge in [-0.25, -0.2) is 4.98 Å². The third-order valence-corrected chi connectivity index (χ3v) is 2.17. The highest BCUT2D eigenvalue weighted by Gasteiger charge is 2.10. The summed E-state index contributed by atoms with van der Waals surface area (Å²) in [5, 5.41) is 8.76. The minimum atomic E-state index is 0.554. The van der Waals surface area contributed by atoms with E-state index in [9.17, 15) is 0 Å². The van der Waals surface area contributed by atoms with Crippen molar-refractivity contribution in [3.63, 3.8) is 0 Å². The van der Waals surface area contributed by atoms with E-state index in [0.717, 1.165) is 17.9 Å². The highest BCUT2D eigenvalue weighted by molar-refractivity contribution is 5.27. The second-order valence-electron chi connectivity index (χ2n) is 3.73. The van der Waals surface area contributed by atoms with Gasteiger partial charge in [-0.15, -0.1) is 0 Å². The van der Waals surface area contributed by atoms with Crippen molar-refractivity contribution in [3.05, 3.63) is 17.2 Å². The van der Waals surface area contributed by atoms with Gasteiger partial charge in [-0.2, -0.15) is 5.26 Å². The number of nitrogens with zero attached hydrogens (tertiary/aromatic N) is 3. The maximum atomic E-state index is 8.76. The van der Waals surface area contributed by atoms with Crippen LogP contribution in [0.2, 0.25) is 0 Å². The molecule has 0 aliphatic carbocycles. The number of rotatable bonds is 2. The van der Waals surface area contributed by atoms with Gasteiger partial charge >= 0.3 is 0 Å². The Morgan fingerprint density at radius 1 is 1.54 bits per heavy atom. The van der Waals surface area contributed by atoms with Crippen LogP contribution in [0.25, 0.3) is 0 Å². The summed E-state index contributed by atoms with van der Waals surface area (Å²) in [6.07, 6.45) is 0.930. The molecule has 70 valence electrons. The summed E-state index contributed by atoms with van der Waals surface area (Å²) < 4.78 is 2.00. The number of aromatic nitrogens is 2. The number of imidazole rings is 1. The molecule has 0 spiro atoms. The minimum Gasteiger partial charge on any atom is -0.334 e. The molecule has 1 aromatic rings. The molecule has 0 aliphatic rings. The van der Waals surface area contributed by atoms with E-state index in [1.54, 1.807) is 0 Å². The molecule has 0 N–H and O–H groups in total. The van der Waals surface area contributed by atoms with Crippen molar-refractivity contribution in [2.45, 2.75) is 27.2 Å². The molecular weight excluding hydrogens is 162 g/mol. The van der Waals surface area contributed by atoms with Crippen LogP contribution >= 0.6 is 0 Å². The van der Waals surface area contributed by atoms with Crippen molar-refractivity contribution in [1.82, 2.24) is 9.55 Å². The minimum absolute atomic E-state index is 0.554. The highest BCUT2D eigenvalue weighted by atomic mass is 15.1. The van der Waals surface area contributed by atoms with Crippen molar-refractivity contribution in [3.8, 4) is 6.07 Å². The largest absolute Gasteiger partial charge is 0.334 e. The van der Waals surface area contributed by atoms with Crippen LogP contribution in [0.1, 0.15) is 31.1 Å². The molecule has 0 saturated heterocycles. The molecule has 0 aliphatic heterocycles. The molecule has 3 heteroatoms. The predicted octanol–water partition coefficient (Wildman–Crippen LogP) is 1.80. The van der Waals surface area contributed by atoms with Gasteiger partial charge < -0.3 is 4.57 Å². The van der Waals surface area contributed by atoms with Gasteiger partial charge in [-0.3, -0.25) is 0 Å². The molecule has 0 saturated carbocycles. The summed E-state index contributed by atoms with van der Waals surface area (Å²) in [5.74, 6) is 1.58. The average Bonchev–Trinajstić information content (AvgIpc) is 2.32. The molecule has 0 fully saturated rings. The molecule has 0 radical (unpaired) electrons. The topological polar surface area (TPSA) is 41.6 Å². The summed E-state index contributed by atoms with van der Waals surface area (Å²) in [5.41, 5.74) is 1.51. The predicted molar refractivity (Wildman–Crippen MR) is 51.2 cm³/mol. The summed E-state index contributed by atoms with van der Waals surface area (Å²) in [6.45, 7) is 6.22. The summed E-state index contributed by atoms with van der Waals surface area (Å²) in [4.78, 5) is 4.27. The molecule has 1 aromatic heterocycles. The molecular formula is C10H15N3. The molecule has 0 aromatic carbocycles. The zero-order valence-electron chi connectivity index (χ0n) is 8.63. The first-order valence-electron chi connectivity index (χ1n) is 4.48. The van der Waals surface area contributed by atoms with E-state index in [2.05, 4.69) is 24.9 Å². The Bertz CT molecular complexity index is 342. The van der Waals surface area contributed by atoms with Crippen LogP contribution in [0.3, 0.4) is 0 Å². The Hall–Kier alpha value is -1.30. The number of hydrogen-bond donors (Lipinski definition) is 0.